The SMILES string of the molecule is O[C@@H]1CCN(Cc2ccc(Br)c(Br)c2)C1. The second-order valence-corrected chi connectivity index (χ2v) is 5.63. The number of β-amino-alcohol motifs (C(OH)–C–C–N with tert-alkyl or cyclic N) is 1. The molecule has 1 saturated heterocycles. The summed E-state index contributed by atoms with van der Waals surface area (Å²) < 4.78 is 2.16. The summed E-state index contributed by atoms with van der Waals surface area (Å²) in [5, 5.41) is 9.42. The zero-order chi connectivity index (χ0) is 10.8. The molecule has 0 amide bonds. The minimum absolute atomic E-state index is 0.135. The van der Waals surface area contributed by atoms with Crippen molar-refractivity contribution in [1.82, 2.24) is 4.90 Å². The van der Waals surface area contributed by atoms with Gasteiger partial charge in [-0.25, -0.2) is 0 Å². The lowest BCUT2D eigenvalue weighted by molar-refractivity contribution is 0.175. The third-order valence-corrected chi connectivity index (χ3v) is 4.52. The van der Waals surface area contributed by atoms with E-state index in [9.17, 15) is 5.11 Å². The summed E-state index contributed by atoms with van der Waals surface area (Å²) in [5.41, 5.74) is 1.28. The van der Waals surface area contributed by atoms with E-state index in [1.165, 1.54) is 5.56 Å². The number of aliphatic hydroxyl groups is 1. The van der Waals surface area contributed by atoms with Gasteiger partial charge in [0, 0.05) is 28.6 Å². The van der Waals surface area contributed by atoms with Crippen LogP contribution in [0.1, 0.15) is 12.0 Å². The average Bonchev–Trinajstić information content (AvgIpc) is 2.58. The Kier molecular flexibility index (Phi) is 3.83. The Morgan fingerprint density at radius 2 is 2.13 bits per heavy atom. The van der Waals surface area contributed by atoms with Crippen molar-refractivity contribution in [1.29, 1.82) is 0 Å². The van der Waals surface area contributed by atoms with Gasteiger partial charge in [-0.1, -0.05) is 6.07 Å². The van der Waals surface area contributed by atoms with E-state index in [4.69, 9.17) is 0 Å². The van der Waals surface area contributed by atoms with Crippen LogP contribution in [0.2, 0.25) is 0 Å². The molecule has 0 aliphatic carbocycles. The summed E-state index contributed by atoms with van der Waals surface area (Å²) in [6.07, 6.45) is 0.765. The van der Waals surface area contributed by atoms with Gasteiger partial charge in [-0.3, -0.25) is 4.90 Å². The Morgan fingerprint density at radius 1 is 1.33 bits per heavy atom. The molecular formula is C11H13Br2NO. The fourth-order valence-corrected chi connectivity index (χ4v) is 2.52. The fourth-order valence-electron chi connectivity index (χ4n) is 1.85. The second kappa shape index (κ2) is 4.95. The molecule has 0 unspecified atom stereocenters. The zero-order valence-corrected chi connectivity index (χ0v) is 11.5. The van der Waals surface area contributed by atoms with E-state index in [1.54, 1.807) is 0 Å². The number of aliphatic hydroxyl groups excluding tert-OH is 1. The summed E-state index contributed by atoms with van der Waals surface area (Å²) in [4.78, 5) is 2.28. The number of likely N-dealkylation sites (tertiary alicyclic amines) is 1. The van der Waals surface area contributed by atoms with Gasteiger partial charge in [0.2, 0.25) is 0 Å². The first-order chi connectivity index (χ1) is 7.15. The van der Waals surface area contributed by atoms with Crippen LogP contribution in [0.25, 0.3) is 0 Å². The smallest absolute Gasteiger partial charge is 0.0679 e. The lowest BCUT2D eigenvalue weighted by atomic mass is 10.2. The minimum Gasteiger partial charge on any atom is -0.392 e. The van der Waals surface area contributed by atoms with Crippen molar-refractivity contribution in [3.05, 3.63) is 32.7 Å². The van der Waals surface area contributed by atoms with Crippen LogP contribution in [0.5, 0.6) is 0 Å². The monoisotopic (exact) mass is 333 g/mol. The molecule has 1 N–H and O–H groups in total. The Morgan fingerprint density at radius 3 is 2.73 bits per heavy atom. The van der Waals surface area contributed by atoms with Crippen LogP contribution < -0.4 is 0 Å². The van der Waals surface area contributed by atoms with Gasteiger partial charge in [0.25, 0.3) is 0 Å². The van der Waals surface area contributed by atoms with Crippen LogP contribution in [-0.4, -0.2) is 29.2 Å². The predicted molar refractivity (Wildman–Crippen MR) is 67.7 cm³/mol. The molecule has 2 rings (SSSR count). The van der Waals surface area contributed by atoms with E-state index >= 15 is 0 Å². The van der Waals surface area contributed by atoms with Crippen molar-refractivity contribution in [2.75, 3.05) is 13.1 Å². The Balaban J connectivity index is 2.02. The molecule has 1 heterocycles. The van der Waals surface area contributed by atoms with Gasteiger partial charge in [0.15, 0.2) is 0 Å². The summed E-state index contributed by atoms with van der Waals surface area (Å²) in [7, 11) is 0. The van der Waals surface area contributed by atoms with Crippen LogP contribution in [-0.2, 0) is 6.54 Å². The number of hydrogen-bond donors (Lipinski definition) is 1. The molecule has 1 atom stereocenters. The molecule has 0 aromatic heterocycles. The van der Waals surface area contributed by atoms with Crippen LogP contribution >= 0.6 is 31.9 Å². The highest BCUT2D eigenvalue weighted by atomic mass is 79.9. The Labute approximate surface area is 107 Å². The lowest BCUT2D eigenvalue weighted by Crippen LogP contribution is -2.21. The first-order valence-electron chi connectivity index (χ1n) is 4.99. The highest BCUT2D eigenvalue weighted by molar-refractivity contribution is 9.13. The molecule has 0 bridgehead atoms. The molecule has 2 nitrogen and oxygen atoms in total. The highest BCUT2D eigenvalue weighted by Gasteiger charge is 2.19. The van der Waals surface area contributed by atoms with E-state index in [0.29, 0.717) is 0 Å². The van der Waals surface area contributed by atoms with Gasteiger partial charge in [-0.05, 0) is 56.0 Å². The van der Waals surface area contributed by atoms with Crippen LogP contribution in [0.15, 0.2) is 27.1 Å². The standard InChI is InChI=1S/C11H13Br2NO/c12-10-2-1-8(5-11(10)13)6-14-4-3-9(15)7-14/h1-2,5,9,15H,3-4,6-7H2/t9-/m1/s1. The molecule has 15 heavy (non-hydrogen) atoms. The van der Waals surface area contributed by atoms with E-state index in [2.05, 4.69) is 48.9 Å². The minimum atomic E-state index is -0.135. The lowest BCUT2D eigenvalue weighted by Gasteiger charge is -2.15. The van der Waals surface area contributed by atoms with Crippen LogP contribution in [0, 0.1) is 0 Å². The van der Waals surface area contributed by atoms with E-state index in [-0.39, 0.29) is 6.10 Å². The molecule has 4 heteroatoms. The van der Waals surface area contributed by atoms with Crippen molar-refractivity contribution in [3.63, 3.8) is 0 Å². The molecule has 82 valence electrons. The van der Waals surface area contributed by atoms with Gasteiger partial charge < -0.3 is 5.11 Å². The second-order valence-electron chi connectivity index (χ2n) is 3.93. The molecule has 1 aliphatic heterocycles. The average molecular weight is 335 g/mol. The summed E-state index contributed by atoms with van der Waals surface area (Å²) in [6, 6.07) is 6.28. The molecular weight excluding hydrogens is 322 g/mol. The maximum absolute atomic E-state index is 9.42. The van der Waals surface area contributed by atoms with Crippen molar-refractivity contribution < 1.29 is 5.11 Å². The van der Waals surface area contributed by atoms with Gasteiger partial charge in [-0.2, -0.15) is 0 Å². The fraction of sp³-hybridized carbons (Fsp3) is 0.455. The van der Waals surface area contributed by atoms with Crippen LogP contribution in [0.4, 0.5) is 0 Å². The predicted octanol–water partition coefficient (Wildman–Crippen LogP) is 2.78. The van der Waals surface area contributed by atoms with Crippen LogP contribution in [0.3, 0.4) is 0 Å². The molecule has 1 aliphatic rings. The zero-order valence-electron chi connectivity index (χ0n) is 8.29. The van der Waals surface area contributed by atoms with Gasteiger partial charge in [0.05, 0.1) is 6.10 Å². The number of hydrogen-bond acceptors (Lipinski definition) is 2. The topological polar surface area (TPSA) is 23.5 Å². The normalized spacial score (nSPS) is 22.2. The number of halogens is 2. The third-order valence-electron chi connectivity index (χ3n) is 2.64. The first kappa shape index (κ1) is 11.6. The third kappa shape index (κ3) is 3.03. The molecule has 0 saturated carbocycles. The summed E-state index contributed by atoms with van der Waals surface area (Å²) in [6.45, 7) is 2.71. The van der Waals surface area contributed by atoms with Gasteiger partial charge >= 0.3 is 0 Å². The van der Waals surface area contributed by atoms with E-state index in [0.717, 1.165) is 35.0 Å². The summed E-state index contributed by atoms with van der Waals surface area (Å²) >= 11 is 6.94. The van der Waals surface area contributed by atoms with Crippen molar-refractivity contribution in [2.24, 2.45) is 0 Å². The first-order valence-corrected chi connectivity index (χ1v) is 6.58. The molecule has 1 aromatic carbocycles. The maximum atomic E-state index is 9.42. The van der Waals surface area contributed by atoms with E-state index < -0.39 is 0 Å². The number of rotatable bonds is 2. The molecule has 0 spiro atoms. The van der Waals surface area contributed by atoms with Crippen molar-refractivity contribution >= 4 is 31.9 Å². The summed E-state index contributed by atoms with van der Waals surface area (Å²) in [5.74, 6) is 0. The number of nitrogens with zero attached hydrogens (tertiary/aromatic N) is 1. The van der Waals surface area contributed by atoms with Crippen molar-refractivity contribution in [3.8, 4) is 0 Å². The Hall–Kier alpha value is 0.1000. The molecule has 1 aromatic rings. The van der Waals surface area contributed by atoms with Crippen molar-refractivity contribution in [2.45, 2.75) is 19.1 Å². The maximum Gasteiger partial charge on any atom is 0.0679 e. The molecule has 1 fully saturated rings. The Bertz CT molecular complexity index is 356. The number of benzene rings is 1. The molecule has 0 radical (unpaired) electrons. The van der Waals surface area contributed by atoms with Gasteiger partial charge in [0.1, 0.15) is 0 Å². The quantitative estimate of drug-likeness (QED) is 0.899. The van der Waals surface area contributed by atoms with Gasteiger partial charge in [-0.15, -0.1) is 0 Å². The van der Waals surface area contributed by atoms with E-state index in [1.807, 2.05) is 6.07 Å². The largest absolute Gasteiger partial charge is 0.392 e. The highest BCUT2D eigenvalue weighted by Crippen LogP contribution is 2.25.